The predicted molar refractivity (Wildman–Crippen MR) is 220 cm³/mol. The van der Waals surface area contributed by atoms with Crippen LogP contribution in [0.1, 0.15) is 45.9 Å². The summed E-state index contributed by atoms with van der Waals surface area (Å²) in [6, 6.07) is 55.5. The van der Waals surface area contributed by atoms with Crippen molar-refractivity contribution in [2.75, 3.05) is 6.61 Å². The van der Waals surface area contributed by atoms with Crippen molar-refractivity contribution in [3.05, 3.63) is 203 Å². The van der Waals surface area contributed by atoms with Gasteiger partial charge in [-0.3, -0.25) is 0 Å². The van der Waals surface area contributed by atoms with Crippen molar-refractivity contribution in [3.63, 3.8) is 0 Å². The molecule has 8 rings (SSSR count). The van der Waals surface area contributed by atoms with E-state index in [0.29, 0.717) is 50.1 Å². The number of ether oxygens (including phenoxy) is 7. The number of hydrogen-bond donors (Lipinski definition) is 1. The summed E-state index contributed by atoms with van der Waals surface area (Å²) < 4.78 is 46.7. The molecule has 1 unspecified atom stereocenters. The molecule has 296 valence electrons. The third-order valence-electron chi connectivity index (χ3n) is 10.3. The molecule has 58 heavy (non-hydrogen) atoms. The number of para-hydroxylation sites is 1. The van der Waals surface area contributed by atoms with Crippen LogP contribution in [0.25, 0.3) is 0 Å². The summed E-state index contributed by atoms with van der Waals surface area (Å²) in [5.74, 6) is 1.25. The standard InChI is InChI=1S/C49H47NO8/c51-50-42-29-44(57-43-24-14-13-23-41(42)43)39-25-27-40(28-26-39)56-49-48(55-33-38-21-11-4-12-22-38)47(54-32-37-19-9-3-10-20-37)46(53-31-36-17-7-2-8-18-36)45(58-49)34-52-30-35-15-5-1-6-16-35/h1-28,44-49,51H,29-34H2/b50-42-/t44?,45-,46-,47-,48-,49-/m1/s1. The van der Waals surface area contributed by atoms with Crippen molar-refractivity contribution in [1.29, 1.82) is 0 Å². The molecule has 0 spiro atoms. The van der Waals surface area contributed by atoms with Gasteiger partial charge in [-0.05, 0) is 52.1 Å². The van der Waals surface area contributed by atoms with Gasteiger partial charge in [-0.1, -0.05) is 151 Å². The third-order valence-corrected chi connectivity index (χ3v) is 10.3. The molecule has 6 aromatic carbocycles. The molecule has 0 bridgehead atoms. The van der Waals surface area contributed by atoms with Crippen molar-refractivity contribution in [2.24, 2.45) is 5.16 Å². The fraction of sp³-hybridized carbons (Fsp3) is 0.245. The molecule has 0 amide bonds. The summed E-state index contributed by atoms with van der Waals surface area (Å²) in [5.41, 5.74) is 6.37. The highest BCUT2D eigenvalue weighted by atomic mass is 16.7. The Labute approximate surface area is 339 Å². The fourth-order valence-corrected chi connectivity index (χ4v) is 7.31. The van der Waals surface area contributed by atoms with E-state index in [1.54, 1.807) is 0 Å². The average molecular weight is 778 g/mol. The second-order valence-corrected chi connectivity index (χ2v) is 14.4. The molecule has 0 radical (unpaired) electrons. The van der Waals surface area contributed by atoms with Gasteiger partial charge in [0.25, 0.3) is 0 Å². The SMILES string of the molecule is O/N=C1/CC(c2ccc(O[C@@H]3O[C@H](COCc4ccccc4)[C@@H](OCc4ccccc4)[C@@H](OCc4ccccc4)[C@H]3OCc3ccccc3)cc2)Oc2ccccc21. The van der Waals surface area contributed by atoms with Crippen LogP contribution in [0.4, 0.5) is 0 Å². The van der Waals surface area contributed by atoms with Gasteiger partial charge in [0.15, 0.2) is 0 Å². The first-order valence-corrected chi connectivity index (χ1v) is 19.7. The maximum Gasteiger partial charge on any atom is 0.229 e. The topological polar surface area (TPSA) is 97.2 Å². The van der Waals surface area contributed by atoms with E-state index in [-0.39, 0.29) is 12.7 Å². The highest BCUT2D eigenvalue weighted by Gasteiger charge is 2.50. The Hall–Kier alpha value is -5.81. The first kappa shape index (κ1) is 39.0. The monoisotopic (exact) mass is 777 g/mol. The molecule has 2 heterocycles. The zero-order valence-electron chi connectivity index (χ0n) is 32.1. The van der Waals surface area contributed by atoms with Gasteiger partial charge >= 0.3 is 0 Å². The van der Waals surface area contributed by atoms with Crippen LogP contribution in [0.5, 0.6) is 11.5 Å². The van der Waals surface area contributed by atoms with Gasteiger partial charge in [0.05, 0.1) is 38.7 Å². The number of oxime groups is 1. The summed E-state index contributed by atoms with van der Waals surface area (Å²) in [6.45, 7) is 1.58. The minimum Gasteiger partial charge on any atom is -0.485 e. The largest absolute Gasteiger partial charge is 0.485 e. The molecule has 1 saturated heterocycles. The minimum absolute atomic E-state index is 0.221. The quantitative estimate of drug-likeness (QED) is 0.0768. The zero-order valence-corrected chi connectivity index (χ0v) is 32.1. The first-order chi connectivity index (χ1) is 28.7. The molecule has 1 N–H and O–H groups in total. The van der Waals surface area contributed by atoms with Crippen LogP contribution >= 0.6 is 0 Å². The molecular formula is C49H47NO8. The molecule has 0 aromatic heterocycles. The summed E-state index contributed by atoms with van der Waals surface area (Å²) in [5, 5.41) is 13.4. The van der Waals surface area contributed by atoms with E-state index in [0.717, 1.165) is 33.4 Å². The van der Waals surface area contributed by atoms with Gasteiger partial charge in [0.1, 0.15) is 42.0 Å². The van der Waals surface area contributed by atoms with E-state index in [1.807, 2.05) is 170 Å². The van der Waals surface area contributed by atoms with Crippen LogP contribution in [0, 0.1) is 0 Å². The number of nitrogens with zero attached hydrogens (tertiary/aromatic N) is 1. The Morgan fingerprint density at radius 3 is 1.60 bits per heavy atom. The maximum absolute atomic E-state index is 9.80. The van der Waals surface area contributed by atoms with Crippen molar-refractivity contribution >= 4 is 5.71 Å². The van der Waals surface area contributed by atoms with Gasteiger partial charge in [0, 0.05) is 12.0 Å². The summed E-state index contributed by atoms with van der Waals surface area (Å²) in [7, 11) is 0. The van der Waals surface area contributed by atoms with Crippen LogP contribution in [-0.4, -0.2) is 48.2 Å². The number of rotatable bonds is 16. The van der Waals surface area contributed by atoms with E-state index in [1.165, 1.54) is 0 Å². The Kier molecular flexibility index (Phi) is 13.2. The molecule has 2 aliphatic rings. The summed E-state index contributed by atoms with van der Waals surface area (Å²) in [4.78, 5) is 0. The van der Waals surface area contributed by atoms with Crippen molar-refractivity contribution in [2.45, 2.75) is 69.7 Å². The highest BCUT2D eigenvalue weighted by Crippen LogP contribution is 2.37. The molecular weight excluding hydrogens is 731 g/mol. The lowest BCUT2D eigenvalue weighted by Crippen LogP contribution is -2.62. The first-order valence-electron chi connectivity index (χ1n) is 19.7. The molecule has 0 saturated carbocycles. The number of hydrogen-bond acceptors (Lipinski definition) is 9. The Balaban J connectivity index is 1.09. The van der Waals surface area contributed by atoms with Crippen LogP contribution in [0.3, 0.4) is 0 Å². The number of fused-ring (bicyclic) bond motifs is 1. The molecule has 6 aromatic rings. The molecule has 9 heteroatoms. The lowest BCUT2D eigenvalue weighted by Gasteiger charge is -2.45. The van der Waals surface area contributed by atoms with E-state index < -0.39 is 30.7 Å². The Morgan fingerprint density at radius 1 is 0.534 bits per heavy atom. The van der Waals surface area contributed by atoms with E-state index in [2.05, 4.69) is 5.16 Å². The van der Waals surface area contributed by atoms with Gasteiger partial charge in [0.2, 0.25) is 6.29 Å². The normalized spacial score (nSPS) is 22.2. The second kappa shape index (κ2) is 19.6. The predicted octanol–water partition coefficient (Wildman–Crippen LogP) is 9.47. The van der Waals surface area contributed by atoms with Crippen molar-refractivity contribution in [3.8, 4) is 11.5 Å². The molecule has 9 nitrogen and oxygen atoms in total. The van der Waals surface area contributed by atoms with Gasteiger partial charge in [-0.2, -0.15) is 0 Å². The van der Waals surface area contributed by atoms with E-state index in [9.17, 15) is 5.21 Å². The minimum atomic E-state index is -0.900. The van der Waals surface area contributed by atoms with Crippen molar-refractivity contribution in [1.82, 2.24) is 0 Å². The average Bonchev–Trinajstić information content (AvgIpc) is 3.29. The molecule has 6 atom stereocenters. The van der Waals surface area contributed by atoms with Gasteiger partial charge in [-0.15, -0.1) is 0 Å². The number of benzene rings is 6. The summed E-state index contributed by atoms with van der Waals surface area (Å²) in [6.07, 6.45) is -3.32. The fourth-order valence-electron chi connectivity index (χ4n) is 7.31. The van der Waals surface area contributed by atoms with E-state index >= 15 is 0 Å². The molecule has 1 fully saturated rings. The van der Waals surface area contributed by atoms with Gasteiger partial charge < -0.3 is 38.4 Å². The smallest absolute Gasteiger partial charge is 0.229 e. The summed E-state index contributed by atoms with van der Waals surface area (Å²) >= 11 is 0. The van der Waals surface area contributed by atoms with Crippen LogP contribution < -0.4 is 9.47 Å². The molecule has 2 aliphatic heterocycles. The van der Waals surface area contributed by atoms with Crippen LogP contribution in [0.2, 0.25) is 0 Å². The van der Waals surface area contributed by atoms with Gasteiger partial charge in [-0.25, -0.2) is 0 Å². The van der Waals surface area contributed by atoms with Crippen LogP contribution in [-0.2, 0) is 50.1 Å². The third kappa shape index (κ3) is 10.0. The highest BCUT2D eigenvalue weighted by molar-refractivity contribution is 6.03. The Bertz CT molecular complexity index is 2170. The van der Waals surface area contributed by atoms with Crippen molar-refractivity contribution < 1.29 is 38.4 Å². The molecule has 0 aliphatic carbocycles. The Morgan fingerprint density at radius 2 is 1.03 bits per heavy atom. The lowest BCUT2D eigenvalue weighted by atomic mass is 9.95. The van der Waals surface area contributed by atoms with Crippen LogP contribution in [0.15, 0.2) is 175 Å². The van der Waals surface area contributed by atoms with E-state index in [4.69, 9.17) is 33.2 Å². The maximum atomic E-state index is 9.80. The lowest BCUT2D eigenvalue weighted by molar-refractivity contribution is -0.310. The zero-order chi connectivity index (χ0) is 39.4. The second-order valence-electron chi connectivity index (χ2n) is 14.4.